The van der Waals surface area contributed by atoms with Crippen molar-refractivity contribution in [1.82, 2.24) is 25.4 Å². The minimum Gasteiger partial charge on any atom is -0.355 e. The Balaban J connectivity index is 1.55. The Morgan fingerprint density at radius 2 is 1.73 bits per heavy atom. The van der Waals surface area contributed by atoms with Gasteiger partial charge in [-0.05, 0) is 73.7 Å². The van der Waals surface area contributed by atoms with Crippen molar-refractivity contribution >= 4 is 11.8 Å². The summed E-state index contributed by atoms with van der Waals surface area (Å²) in [5.41, 5.74) is 3.27. The van der Waals surface area contributed by atoms with E-state index < -0.39 is 35.4 Å². The number of hydrogen-bond acceptors (Lipinski definition) is 4. The minimum atomic E-state index is -0.835. The average Bonchev–Trinajstić information content (AvgIpc) is 3.72. The van der Waals surface area contributed by atoms with Gasteiger partial charge in [0.15, 0.2) is 0 Å². The van der Waals surface area contributed by atoms with Crippen LogP contribution in [0.2, 0.25) is 0 Å². The van der Waals surface area contributed by atoms with E-state index in [-0.39, 0.29) is 23.3 Å². The normalized spacial score (nSPS) is 14.6. The number of rotatable bonds is 9. The highest BCUT2D eigenvalue weighted by Crippen LogP contribution is 2.42. The molecule has 7 nitrogen and oxygen atoms in total. The molecule has 1 saturated carbocycles. The van der Waals surface area contributed by atoms with Crippen LogP contribution in [0.1, 0.15) is 91.5 Å². The molecule has 2 aromatic heterocycles. The van der Waals surface area contributed by atoms with Crippen molar-refractivity contribution in [1.29, 1.82) is 0 Å². The summed E-state index contributed by atoms with van der Waals surface area (Å²) in [4.78, 5) is 30.8. The summed E-state index contributed by atoms with van der Waals surface area (Å²) < 4.78 is 44.8. The first-order valence-electron chi connectivity index (χ1n) is 14.7. The number of carbonyl (C=O) groups excluding carboxylic acids is 2. The predicted molar refractivity (Wildman–Crippen MR) is 162 cm³/mol. The van der Waals surface area contributed by atoms with E-state index in [0.29, 0.717) is 28.3 Å². The Labute approximate surface area is 254 Å². The van der Waals surface area contributed by atoms with Crippen LogP contribution in [0.25, 0.3) is 11.1 Å². The van der Waals surface area contributed by atoms with E-state index in [0.717, 1.165) is 30.3 Å². The molecule has 230 valence electrons. The molecule has 4 aromatic rings. The molecule has 1 aliphatic rings. The summed E-state index contributed by atoms with van der Waals surface area (Å²) in [6, 6.07) is 11.3. The molecule has 2 aromatic carbocycles. The van der Waals surface area contributed by atoms with E-state index >= 15 is 0 Å². The van der Waals surface area contributed by atoms with Crippen molar-refractivity contribution in [3.63, 3.8) is 0 Å². The lowest BCUT2D eigenvalue weighted by atomic mass is 9.92. The van der Waals surface area contributed by atoms with Crippen molar-refractivity contribution < 1.29 is 22.8 Å². The minimum absolute atomic E-state index is 0.0164. The summed E-state index contributed by atoms with van der Waals surface area (Å²) in [6.45, 7) is 7.99. The maximum absolute atomic E-state index is 14.5. The zero-order chi connectivity index (χ0) is 31.8. The first-order chi connectivity index (χ1) is 20.8. The maximum atomic E-state index is 14.5. The van der Waals surface area contributed by atoms with Crippen molar-refractivity contribution in [2.45, 2.75) is 70.4 Å². The number of hydrogen-bond donors (Lipinski definition) is 2. The average molecular weight is 604 g/mol. The molecule has 0 saturated heterocycles. The van der Waals surface area contributed by atoms with Crippen molar-refractivity contribution in [3.05, 3.63) is 106 Å². The Hall–Kier alpha value is -4.47. The fourth-order valence-electron chi connectivity index (χ4n) is 5.29. The van der Waals surface area contributed by atoms with Crippen LogP contribution in [0.4, 0.5) is 13.2 Å². The van der Waals surface area contributed by atoms with Crippen LogP contribution in [-0.2, 0) is 16.6 Å². The molecule has 0 spiro atoms. The molecule has 1 unspecified atom stereocenters. The van der Waals surface area contributed by atoms with Gasteiger partial charge in [-0.3, -0.25) is 19.3 Å². The lowest BCUT2D eigenvalue weighted by Gasteiger charge is -2.24. The van der Waals surface area contributed by atoms with Crippen LogP contribution >= 0.6 is 0 Å². The highest BCUT2D eigenvalue weighted by molar-refractivity contribution is 5.95. The van der Waals surface area contributed by atoms with Gasteiger partial charge in [0.1, 0.15) is 23.5 Å². The van der Waals surface area contributed by atoms with Gasteiger partial charge < -0.3 is 10.6 Å². The molecule has 2 amide bonds. The van der Waals surface area contributed by atoms with Crippen LogP contribution in [0.5, 0.6) is 0 Å². The van der Waals surface area contributed by atoms with Gasteiger partial charge in [-0.1, -0.05) is 32.9 Å². The van der Waals surface area contributed by atoms with Crippen molar-refractivity contribution in [2.75, 3.05) is 7.05 Å². The number of nitrogens with zero attached hydrogens (tertiary/aromatic N) is 3. The van der Waals surface area contributed by atoms with Crippen LogP contribution in [-0.4, -0.2) is 33.6 Å². The van der Waals surface area contributed by atoms with Crippen LogP contribution in [0.15, 0.2) is 60.8 Å². The van der Waals surface area contributed by atoms with E-state index in [1.807, 2.05) is 0 Å². The molecule has 1 aliphatic carbocycles. The Bertz CT molecular complexity index is 1690. The standard InChI is InChI=1S/C34H36F3N5O2/c1-19(42-29(21-8-9-21)18-30(41-42)34(2,3)4)32(43)40-28(15-20-13-23(35)17-24(36)14-20)31-25(7-6-12-39-31)22-10-11-27(37)26(16-22)33(44)38-5/h6-7,10-14,16-19,21,28H,8-9,15H2,1-5H3,(H,38,44)(H,40,43)/t19?,28-/m0/s1. The molecule has 1 fully saturated rings. The van der Waals surface area contributed by atoms with Crippen molar-refractivity contribution in [3.8, 4) is 11.1 Å². The third-order valence-electron chi connectivity index (χ3n) is 7.87. The van der Waals surface area contributed by atoms with Gasteiger partial charge in [-0.25, -0.2) is 13.2 Å². The van der Waals surface area contributed by atoms with Crippen LogP contribution in [0.3, 0.4) is 0 Å². The number of aromatic nitrogens is 3. The number of nitrogens with one attached hydrogen (secondary N) is 2. The van der Waals surface area contributed by atoms with E-state index in [2.05, 4.69) is 42.5 Å². The third-order valence-corrected chi connectivity index (χ3v) is 7.87. The lowest BCUT2D eigenvalue weighted by Crippen LogP contribution is -2.36. The van der Waals surface area contributed by atoms with Crippen LogP contribution in [0, 0.1) is 17.5 Å². The molecule has 0 radical (unpaired) electrons. The molecule has 0 bridgehead atoms. The van der Waals surface area contributed by atoms with Crippen LogP contribution < -0.4 is 10.6 Å². The largest absolute Gasteiger partial charge is 0.355 e. The van der Waals surface area contributed by atoms with Gasteiger partial charge in [-0.15, -0.1) is 0 Å². The molecule has 2 N–H and O–H groups in total. The highest BCUT2D eigenvalue weighted by atomic mass is 19.1. The predicted octanol–water partition coefficient (Wildman–Crippen LogP) is 6.56. The highest BCUT2D eigenvalue weighted by Gasteiger charge is 2.34. The number of halogens is 3. The summed E-state index contributed by atoms with van der Waals surface area (Å²) in [7, 11) is 1.41. The molecule has 2 heterocycles. The number of carbonyl (C=O) groups is 2. The first kappa shape index (κ1) is 31.0. The molecule has 2 atom stereocenters. The fourth-order valence-corrected chi connectivity index (χ4v) is 5.29. The van der Waals surface area contributed by atoms with Gasteiger partial charge in [0.05, 0.1) is 23.0 Å². The third kappa shape index (κ3) is 6.69. The summed E-state index contributed by atoms with van der Waals surface area (Å²) in [5.74, 6) is -2.77. The molecule has 44 heavy (non-hydrogen) atoms. The number of amides is 2. The van der Waals surface area contributed by atoms with Crippen molar-refractivity contribution in [2.24, 2.45) is 0 Å². The number of pyridine rings is 1. The topological polar surface area (TPSA) is 88.9 Å². The molecule has 10 heteroatoms. The molecular weight excluding hydrogens is 567 g/mol. The maximum Gasteiger partial charge on any atom is 0.254 e. The lowest BCUT2D eigenvalue weighted by molar-refractivity contribution is -0.125. The SMILES string of the molecule is CNC(=O)c1cc(-c2cccnc2[C@H](Cc2cc(F)cc(F)c2)NC(=O)C(C)n2nc(C(C)(C)C)cc2C2CC2)ccc1F. The van der Waals surface area contributed by atoms with E-state index in [1.54, 1.807) is 29.9 Å². The molecular formula is C34H36F3N5O2. The monoisotopic (exact) mass is 603 g/mol. The Morgan fingerprint density at radius 1 is 1.02 bits per heavy atom. The zero-order valence-electron chi connectivity index (χ0n) is 25.4. The second kappa shape index (κ2) is 12.3. The smallest absolute Gasteiger partial charge is 0.254 e. The first-order valence-corrected chi connectivity index (χ1v) is 14.7. The zero-order valence-corrected chi connectivity index (χ0v) is 25.4. The Morgan fingerprint density at radius 3 is 2.36 bits per heavy atom. The van der Waals surface area contributed by atoms with E-state index in [1.165, 1.54) is 37.4 Å². The second-order valence-electron chi connectivity index (χ2n) is 12.4. The molecule has 0 aliphatic heterocycles. The van der Waals surface area contributed by atoms with Gasteiger partial charge in [-0.2, -0.15) is 5.10 Å². The van der Waals surface area contributed by atoms with Gasteiger partial charge >= 0.3 is 0 Å². The van der Waals surface area contributed by atoms with Gasteiger partial charge in [0.2, 0.25) is 5.91 Å². The van der Waals surface area contributed by atoms with E-state index in [4.69, 9.17) is 5.10 Å². The Kier molecular flexibility index (Phi) is 8.63. The van der Waals surface area contributed by atoms with Gasteiger partial charge in [0, 0.05) is 41.9 Å². The van der Waals surface area contributed by atoms with E-state index in [9.17, 15) is 22.8 Å². The quantitative estimate of drug-likeness (QED) is 0.227. The molecule has 5 rings (SSSR count). The number of benzene rings is 2. The summed E-state index contributed by atoms with van der Waals surface area (Å²) in [6.07, 6.45) is 3.63. The fraction of sp³-hybridized carbons (Fsp3) is 0.353. The summed E-state index contributed by atoms with van der Waals surface area (Å²) in [5, 5.41) is 10.3. The second-order valence-corrected chi connectivity index (χ2v) is 12.4. The van der Waals surface area contributed by atoms with Gasteiger partial charge in [0.25, 0.3) is 5.91 Å². The summed E-state index contributed by atoms with van der Waals surface area (Å²) >= 11 is 0.